The first-order chi connectivity index (χ1) is 6.72. The predicted octanol–water partition coefficient (Wildman–Crippen LogP) is 1.35. The van der Waals surface area contributed by atoms with Crippen LogP contribution in [0.4, 0.5) is 5.69 Å². The van der Waals surface area contributed by atoms with E-state index in [4.69, 9.17) is 29.1 Å². The second-order valence-corrected chi connectivity index (χ2v) is 2.95. The van der Waals surface area contributed by atoms with E-state index in [2.05, 4.69) is 11.2 Å². The van der Waals surface area contributed by atoms with Gasteiger partial charge >= 0.3 is 0 Å². The van der Waals surface area contributed by atoms with Gasteiger partial charge in [0.2, 0.25) is 0 Å². The molecule has 0 aliphatic rings. The van der Waals surface area contributed by atoms with Crippen LogP contribution in [0.1, 0.15) is 0 Å². The van der Waals surface area contributed by atoms with Crippen molar-refractivity contribution in [3.8, 4) is 18.1 Å². The zero-order valence-corrected chi connectivity index (χ0v) is 8.30. The summed E-state index contributed by atoms with van der Waals surface area (Å²) in [7, 11) is 0. The third-order valence-corrected chi connectivity index (χ3v) is 1.53. The van der Waals surface area contributed by atoms with Crippen LogP contribution in [0.2, 0.25) is 0 Å². The van der Waals surface area contributed by atoms with E-state index in [-0.39, 0.29) is 11.7 Å². The molecule has 1 rings (SSSR count). The van der Waals surface area contributed by atoms with Gasteiger partial charge in [-0.05, 0) is 24.4 Å². The first-order valence-electron chi connectivity index (χ1n) is 3.95. The summed E-state index contributed by atoms with van der Waals surface area (Å²) in [5.41, 5.74) is 6.11. The van der Waals surface area contributed by atoms with E-state index in [0.717, 1.165) is 5.69 Å². The molecule has 3 N–H and O–H groups in total. The van der Waals surface area contributed by atoms with Gasteiger partial charge in [0, 0.05) is 11.8 Å². The third-order valence-electron chi connectivity index (χ3n) is 1.42. The molecule has 1 aromatic rings. The topological polar surface area (TPSA) is 47.3 Å². The number of hydrogen-bond acceptors (Lipinski definition) is 2. The molecule has 0 aliphatic carbocycles. The predicted molar refractivity (Wildman–Crippen MR) is 61.2 cm³/mol. The Hall–Kier alpha value is -1.73. The highest BCUT2D eigenvalue weighted by Gasteiger charge is 1.96. The number of hydrogen-bond donors (Lipinski definition) is 2. The van der Waals surface area contributed by atoms with Crippen molar-refractivity contribution < 1.29 is 4.74 Å². The number of nitrogens with two attached hydrogens (primary N) is 1. The molecule has 0 saturated heterocycles. The fourth-order valence-corrected chi connectivity index (χ4v) is 1.05. The molecule has 1 aromatic carbocycles. The highest BCUT2D eigenvalue weighted by Crippen LogP contribution is 2.16. The maximum atomic E-state index is 5.32. The van der Waals surface area contributed by atoms with Crippen LogP contribution in [0.5, 0.6) is 5.75 Å². The lowest BCUT2D eigenvalue weighted by Gasteiger charge is -2.06. The van der Waals surface area contributed by atoms with Crippen LogP contribution in [0, 0.1) is 12.3 Å². The molecule has 0 spiro atoms. The Kier molecular flexibility index (Phi) is 3.77. The number of rotatable bonds is 3. The van der Waals surface area contributed by atoms with Crippen molar-refractivity contribution in [2.24, 2.45) is 5.73 Å². The Labute approximate surface area is 88.3 Å². The Morgan fingerprint density at radius 2 is 2.43 bits per heavy atom. The van der Waals surface area contributed by atoms with Crippen LogP contribution in [-0.4, -0.2) is 11.7 Å². The molecule has 0 aromatic heterocycles. The van der Waals surface area contributed by atoms with Gasteiger partial charge in [-0.15, -0.1) is 6.42 Å². The van der Waals surface area contributed by atoms with E-state index in [0.29, 0.717) is 5.75 Å². The van der Waals surface area contributed by atoms with Gasteiger partial charge in [0.1, 0.15) is 12.4 Å². The first-order valence-corrected chi connectivity index (χ1v) is 4.36. The summed E-state index contributed by atoms with van der Waals surface area (Å²) in [6, 6.07) is 7.24. The van der Waals surface area contributed by atoms with Crippen molar-refractivity contribution >= 4 is 23.0 Å². The lowest BCUT2D eigenvalue weighted by Crippen LogP contribution is -2.18. The van der Waals surface area contributed by atoms with E-state index >= 15 is 0 Å². The molecule has 72 valence electrons. The second kappa shape index (κ2) is 5.10. The van der Waals surface area contributed by atoms with Crippen molar-refractivity contribution in [2.75, 3.05) is 11.9 Å². The fraction of sp³-hybridized carbons (Fsp3) is 0.100. The normalized spacial score (nSPS) is 8.79. The fourth-order valence-electron chi connectivity index (χ4n) is 0.931. The van der Waals surface area contributed by atoms with Crippen molar-refractivity contribution in [2.45, 2.75) is 0 Å². The van der Waals surface area contributed by atoms with Gasteiger partial charge in [-0.2, -0.15) is 0 Å². The smallest absolute Gasteiger partial charge is 0.168 e. The number of anilines is 1. The van der Waals surface area contributed by atoms with E-state index in [9.17, 15) is 0 Å². The standard InChI is InChI=1S/C10H10N2OS/c1-2-6-13-9-5-3-4-8(7-9)12-10(11)14/h1,3-5,7H,6H2,(H3,11,12,14). The van der Waals surface area contributed by atoms with Crippen molar-refractivity contribution in [1.82, 2.24) is 0 Å². The SMILES string of the molecule is C#CCOc1cccc(NC(N)=S)c1. The number of nitrogens with one attached hydrogen (secondary N) is 1. The van der Waals surface area contributed by atoms with E-state index in [1.165, 1.54) is 0 Å². The summed E-state index contributed by atoms with van der Waals surface area (Å²) in [5, 5.41) is 3.02. The zero-order valence-electron chi connectivity index (χ0n) is 7.49. The summed E-state index contributed by atoms with van der Waals surface area (Å²) in [5.74, 6) is 3.07. The van der Waals surface area contributed by atoms with Gasteiger partial charge < -0.3 is 15.8 Å². The van der Waals surface area contributed by atoms with E-state index in [1.54, 1.807) is 6.07 Å². The zero-order chi connectivity index (χ0) is 10.4. The van der Waals surface area contributed by atoms with Crippen LogP contribution < -0.4 is 15.8 Å². The van der Waals surface area contributed by atoms with Gasteiger partial charge in [-0.1, -0.05) is 12.0 Å². The minimum Gasteiger partial charge on any atom is -0.481 e. The molecule has 0 bridgehead atoms. The molecule has 0 fully saturated rings. The van der Waals surface area contributed by atoms with Crippen LogP contribution in [0.3, 0.4) is 0 Å². The summed E-state index contributed by atoms with van der Waals surface area (Å²) in [6.07, 6.45) is 5.06. The Morgan fingerprint density at radius 1 is 1.64 bits per heavy atom. The highest BCUT2D eigenvalue weighted by molar-refractivity contribution is 7.80. The highest BCUT2D eigenvalue weighted by atomic mass is 32.1. The van der Waals surface area contributed by atoms with Crippen LogP contribution in [-0.2, 0) is 0 Å². The van der Waals surface area contributed by atoms with E-state index in [1.807, 2.05) is 18.2 Å². The quantitative estimate of drug-likeness (QED) is 0.579. The van der Waals surface area contributed by atoms with Crippen LogP contribution in [0.15, 0.2) is 24.3 Å². The first kappa shape index (κ1) is 10.4. The van der Waals surface area contributed by atoms with Gasteiger partial charge in [-0.25, -0.2) is 0 Å². The molecular weight excluding hydrogens is 196 g/mol. The third kappa shape index (κ3) is 3.33. The maximum Gasteiger partial charge on any atom is 0.168 e. The molecule has 3 nitrogen and oxygen atoms in total. The Morgan fingerprint density at radius 3 is 3.07 bits per heavy atom. The Bertz CT molecular complexity index is 371. The number of thiocarbonyl (C=S) groups is 1. The molecule has 14 heavy (non-hydrogen) atoms. The lowest BCUT2D eigenvalue weighted by molar-refractivity contribution is 0.370. The summed E-state index contributed by atoms with van der Waals surface area (Å²) in [4.78, 5) is 0. The molecule has 0 radical (unpaired) electrons. The summed E-state index contributed by atoms with van der Waals surface area (Å²) in [6.45, 7) is 0.247. The second-order valence-electron chi connectivity index (χ2n) is 2.51. The molecule has 0 aliphatic heterocycles. The van der Waals surface area contributed by atoms with Gasteiger partial charge in [0.05, 0.1) is 0 Å². The van der Waals surface area contributed by atoms with Crippen LogP contribution in [0.25, 0.3) is 0 Å². The molecule has 0 amide bonds. The lowest BCUT2D eigenvalue weighted by atomic mass is 10.3. The van der Waals surface area contributed by atoms with Crippen molar-refractivity contribution in [1.29, 1.82) is 0 Å². The molecular formula is C10H10N2OS. The minimum absolute atomic E-state index is 0.221. The molecule has 0 atom stereocenters. The number of terminal acetylenes is 1. The summed E-state index contributed by atoms with van der Waals surface area (Å²) < 4.78 is 5.22. The minimum atomic E-state index is 0.221. The molecule has 0 heterocycles. The molecule has 0 unspecified atom stereocenters. The maximum absolute atomic E-state index is 5.32. The number of ether oxygens (including phenoxy) is 1. The average molecular weight is 206 g/mol. The molecule has 4 heteroatoms. The molecule has 0 saturated carbocycles. The van der Waals surface area contributed by atoms with E-state index < -0.39 is 0 Å². The number of benzene rings is 1. The van der Waals surface area contributed by atoms with Crippen LogP contribution >= 0.6 is 12.2 Å². The van der Waals surface area contributed by atoms with Gasteiger partial charge in [0.15, 0.2) is 5.11 Å². The largest absolute Gasteiger partial charge is 0.481 e. The summed E-state index contributed by atoms with van der Waals surface area (Å²) >= 11 is 4.70. The monoisotopic (exact) mass is 206 g/mol. The van der Waals surface area contributed by atoms with Gasteiger partial charge in [-0.3, -0.25) is 0 Å². The average Bonchev–Trinajstić information content (AvgIpc) is 2.14. The van der Waals surface area contributed by atoms with Crippen molar-refractivity contribution in [3.63, 3.8) is 0 Å². The van der Waals surface area contributed by atoms with Crippen molar-refractivity contribution in [3.05, 3.63) is 24.3 Å². The Balaban J connectivity index is 2.69. The van der Waals surface area contributed by atoms with Gasteiger partial charge in [0.25, 0.3) is 0 Å².